The van der Waals surface area contributed by atoms with Gasteiger partial charge >= 0.3 is 5.97 Å². The van der Waals surface area contributed by atoms with Crippen molar-refractivity contribution in [3.05, 3.63) is 35.5 Å². The summed E-state index contributed by atoms with van der Waals surface area (Å²) in [5, 5.41) is 0. The first kappa shape index (κ1) is 20.1. The summed E-state index contributed by atoms with van der Waals surface area (Å²) in [6.07, 6.45) is 5.41. The summed E-state index contributed by atoms with van der Waals surface area (Å²) in [6.45, 7) is 3.99. The summed E-state index contributed by atoms with van der Waals surface area (Å²) in [7, 11) is 0. The van der Waals surface area contributed by atoms with Crippen molar-refractivity contribution >= 4 is 5.97 Å². The largest absolute Gasteiger partial charge is 0.478 e. The highest BCUT2D eigenvalue weighted by molar-refractivity contribution is 5.89. The molecular weight excluding hydrogens is 316 g/mol. The second-order valence-corrected chi connectivity index (χ2v) is 5.57. The number of rotatable bonds is 11. The number of unbranched alkanes of at least 4 members (excludes halogenated alkanes) is 4. The van der Waals surface area contributed by atoms with Crippen molar-refractivity contribution in [3.8, 4) is 5.88 Å². The molecule has 0 aliphatic rings. The van der Waals surface area contributed by atoms with Gasteiger partial charge in [-0.25, -0.2) is 9.78 Å². The monoisotopic (exact) mass is 341 g/mol. The molecule has 0 N–H and O–H groups in total. The van der Waals surface area contributed by atoms with E-state index in [9.17, 15) is 13.6 Å². The van der Waals surface area contributed by atoms with Crippen molar-refractivity contribution in [2.24, 2.45) is 0 Å². The van der Waals surface area contributed by atoms with Crippen LogP contribution < -0.4 is 4.74 Å². The van der Waals surface area contributed by atoms with Crippen LogP contribution in [0.1, 0.15) is 62.7 Å². The highest BCUT2D eigenvalue weighted by Gasteiger charge is 2.09. The second kappa shape index (κ2) is 11.5. The Morgan fingerprint density at radius 3 is 2.50 bits per heavy atom. The third-order valence-electron chi connectivity index (χ3n) is 3.50. The summed E-state index contributed by atoms with van der Waals surface area (Å²) in [6, 6.07) is 3.16. The summed E-state index contributed by atoms with van der Waals surface area (Å²) >= 11 is 0. The number of hydrogen-bond acceptors (Lipinski definition) is 4. The zero-order chi connectivity index (χ0) is 17.8. The fourth-order valence-corrected chi connectivity index (χ4v) is 1.94. The predicted molar refractivity (Wildman–Crippen MR) is 88.3 cm³/mol. The zero-order valence-corrected chi connectivity index (χ0v) is 14.3. The molecule has 1 heterocycles. The van der Waals surface area contributed by atoms with Gasteiger partial charge in [0.05, 0.1) is 18.8 Å². The molecule has 6 heteroatoms. The van der Waals surface area contributed by atoms with Gasteiger partial charge in [-0.15, -0.1) is 0 Å². The summed E-state index contributed by atoms with van der Waals surface area (Å²) in [4.78, 5) is 15.8. The molecule has 1 rings (SSSR count). The zero-order valence-electron chi connectivity index (χ0n) is 14.3. The quantitative estimate of drug-likeness (QED) is 0.413. The normalized spacial score (nSPS) is 10.3. The highest BCUT2D eigenvalue weighted by atomic mass is 19.3. The van der Waals surface area contributed by atoms with E-state index in [1.54, 1.807) is 12.1 Å². The van der Waals surface area contributed by atoms with E-state index in [0.29, 0.717) is 12.5 Å². The Morgan fingerprint density at radius 2 is 1.88 bits per heavy atom. The number of esters is 1. The van der Waals surface area contributed by atoms with Gasteiger partial charge in [0.15, 0.2) is 0 Å². The lowest BCUT2D eigenvalue weighted by molar-refractivity contribution is 0.0507. The van der Waals surface area contributed by atoms with Crippen molar-refractivity contribution in [1.82, 2.24) is 4.98 Å². The molecule has 0 aliphatic heterocycles. The van der Waals surface area contributed by atoms with Crippen LogP contribution in [0.3, 0.4) is 0 Å². The first-order valence-electron chi connectivity index (χ1n) is 8.31. The fourth-order valence-electron chi connectivity index (χ4n) is 1.94. The third kappa shape index (κ3) is 8.04. The van der Waals surface area contributed by atoms with Crippen LogP contribution in [-0.4, -0.2) is 24.2 Å². The summed E-state index contributed by atoms with van der Waals surface area (Å²) in [5.74, 6) is -0.124. The van der Waals surface area contributed by atoms with E-state index in [1.165, 1.54) is 32.4 Å². The predicted octanol–water partition coefficient (Wildman–Crippen LogP) is 5.15. The van der Waals surface area contributed by atoms with Gasteiger partial charge in [-0.1, -0.05) is 32.6 Å². The molecule has 0 saturated heterocycles. The van der Waals surface area contributed by atoms with Gasteiger partial charge in [0.2, 0.25) is 5.88 Å². The number of hydrogen-bond donors (Lipinski definition) is 0. The molecule has 0 atom stereocenters. The van der Waals surface area contributed by atoms with E-state index in [1.807, 2.05) is 0 Å². The van der Waals surface area contributed by atoms with E-state index in [4.69, 9.17) is 9.47 Å². The molecule has 0 unspecified atom stereocenters. The number of carbonyl (C=O) groups excluding carboxylic acids is 1. The molecule has 0 radical (unpaired) electrons. The number of nitrogens with zero attached hydrogens (tertiary/aromatic N) is 1. The molecule has 24 heavy (non-hydrogen) atoms. The molecule has 0 fully saturated rings. The van der Waals surface area contributed by atoms with Crippen molar-refractivity contribution in [3.63, 3.8) is 0 Å². The van der Waals surface area contributed by atoms with Gasteiger partial charge in [0.1, 0.15) is 0 Å². The average Bonchev–Trinajstić information content (AvgIpc) is 2.58. The van der Waals surface area contributed by atoms with Crippen LogP contribution in [0.15, 0.2) is 30.0 Å². The minimum absolute atomic E-state index is 0.0146. The van der Waals surface area contributed by atoms with Crippen molar-refractivity contribution in [2.75, 3.05) is 13.2 Å². The van der Waals surface area contributed by atoms with Crippen molar-refractivity contribution < 1.29 is 23.0 Å². The van der Waals surface area contributed by atoms with Crippen molar-refractivity contribution in [1.29, 1.82) is 0 Å². The van der Waals surface area contributed by atoms with Crippen LogP contribution in [0.4, 0.5) is 8.78 Å². The Labute approximate surface area is 141 Å². The van der Waals surface area contributed by atoms with Gasteiger partial charge in [-0.3, -0.25) is 0 Å². The van der Waals surface area contributed by atoms with Gasteiger partial charge < -0.3 is 9.47 Å². The van der Waals surface area contributed by atoms with Gasteiger partial charge in [-0.2, -0.15) is 8.78 Å². The van der Waals surface area contributed by atoms with Crippen LogP contribution >= 0.6 is 0 Å². The van der Waals surface area contributed by atoms with Crippen LogP contribution in [0.5, 0.6) is 5.88 Å². The summed E-state index contributed by atoms with van der Waals surface area (Å²) < 4.78 is 34.9. The van der Waals surface area contributed by atoms with Crippen LogP contribution in [0, 0.1) is 0 Å². The van der Waals surface area contributed by atoms with E-state index in [0.717, 1.165) is 12.8 Å². The molecule has 4 nitrogen and oxygen atoms in total. The molecule has 134 valence electrons. The van der Waals surface area contributed by atoms with Gasteiger partial charge in [-0.05, 0) is 25.0 Å². The third-order valence-corrected chi connectivity index (χ3v) is 3.50. The first-order valence-corrected chi connectivity index (χ1v) is 8.31. The number of ether oxygens (including phenoxy) is 2. The lowest BCUT2D eigenvalue weighted by Crippen LogP contribution is -2.08. The van der Waals surface area contributed by atoms with Gasteiger partial charge in [0, 0.05) is 18.7 Å². The Kier molecular flexibility index (Phi) is 9.65. The maximum absolute atomic E-state index is 12.2. The minimum atomic E-state index is -1.73. The topological polar surface area (TPSA) is 48.4 Å². The standard InChI is InChI=1S/C18H25F2NO3/c1-3-4-5-6-7-11-23-16-9-8-15(13-21-16)18(22)24-12-10-14(2)17(19)20/h8-9,13H,3-7,10-12H2,1-2H3. The smallest absolute Gasteiger partial charge is 0.339 e. The van der Waals surface area contributed by atoms with Crippen molar-refractivity contribution in [2.45, 2.75) is 52.4 Å². The molecule has 1 aromatic rings. The number of halogens is 2. The fraction of sp³-hybridized carbons (Fsp3) is 0.556. The highest BCUT2D eigenvalue weighted by Crippen LogP contribution is 2.13. The molecule has 0 amide bonds. The van der Waals surface area contributed by atoms with Crippen LogP contribution in [0.25, 0.3) is 0 Å². The molecule has 0 aliphatic carbocycles. The Hall–Kier alpha value is -1.98. The lowest BCUT2D eigenvalue weighted by atomic mass is 10.2. The minimum Gasteiger partial charge on any atom is -0.478 e. The molecule has 0 spiro atoms. The van der Waals surface area contributed by atoms with Crippen LogP contribution in [-0.2, 0) is 4.74 Å². The maximum Gasteiger partial charge on any atom is 0.339 e. The first-order chi connectivity index (χ1) is 11.5. The number of carbonyl (C=O) groups is 1. The van der Waals surface area contributed by atoms with E-state index in [-0.39, 0.29) is 24.2 Å². The number of pyridine rings is 1. The molecular formula is C18H25F2NO3. The Bertz CT molecular complexity index is 526. The summed E-state index contributed by atoms with van der Waals surface area (Å²) in [5.41, 5.74) is 0.191. The average molecular weight is 341 g/mol. The lowest BCUT2D eigenvalue weighted by Gasteiger charge is -2.07. The Morgan fingerprint density at radius 1 is 1.12 bits per heavy atom. The maximum atomic E-state index is 12.2. The second-order valence-electron chi connectivity index (χ2n) is 5.57. The van der Waals surface area contributed by atoms with E-state index < -0.39 is 12.0 Å². The SMILES string of the molecule is CCCCCCCOc1ccc(C(=O)OCCC(C)=C(F)F)cn1. The van der Waals surface area contributed by atoms with E-state index in [2.05, 4.69) is 11.9 Å². The molecule has 0 saturated carbocycles. The molecule has 1 aromatic heterocycles. The Balaban J connectivity index is 2.30. The molecule has 0 aromatic carbocycles. The number of aromatic nitrogens is 1. The van der Waals surface area contributed by atoms with Gasteiger partial charge in [0.25, 0.3) is 6.08 Å². The molecule has 0 bridgehead atoms. The van der Waals surface area contributed by atoms with E-state index >= 15 is 0 Å². The van der Waals surface area contributed by atoms with Crippen LogP contribution in [0.2, 0.25) is 0 Å².